The highest BCUT2D eigenvalue weighted by Crippen LogP contribution is 2.23. The Hall–Kier alpha value is -1.36. The molecule has 0 bridgehead atoms. The van der Waals surface area contributed by atoms with Crippen LogP contribution in [-0.4, -0.2) is 34.9 Å². The number of rotatable bonds is 2. The zero-order valence-corrected chi connectivity index (χ0v) is 11.3. The second-order valence-electron chi connectivity index (χ2n) is 5.13. The number of hydrogen-bond donors (Lipinski definition) is 1. The summed E-state index contributed by atoms with van der Waals surface area (Å²) in [6.07, 6.45) is 3.90. The van der Waals surface area contributed by atoms with Crippen LogP contribution < -0.4 is 5.73 Å². The van der Waals surface area contributed by atoms with Gasteiger partial charge in [-0.05, 0) is 32.6 Å². The topological polar surface area (TPSA) is 72.4 Å². The molecule has 1 aliphatic rings. The molecule has 5 heteroatoms. The lowest BCUT2D eigenvalue weighted by Crippen LogP contribution is -2.41. The monoisotopic (exact) mass is 251 g/mol. The molecule has 0 spiro atoms. The first-order chi connectivity index (χ1) is 8.49. The molecule has 0 unspecified atom stereocenters. The SMILES string of the molecule is Cc1nc(C)c(C(=O)N(C)C2CCC(N)CC2)o1. The number of carbonyl (C=O) groups excluding carboxylic acids is 1. The minimum atomic E-state index is -0.0754. The van der Waals surface area contributed by atoms with Crippen molar-refractivity contribution < 1.29 is 9.21 Å². The van der Waals surface area contributed by atoms with Crippen molar-refractivity contribution in [2.45, 2.75) is 51.6 Å². The second kappa shape index (κ2) is 5.10. The zero-order valence-electron chi connectivity index (χ0n) is 11.3. The van der Waals surface area contributed by atoms with E-state index in [1.807, 2.05) is 7.05 Å². The van der Waals surface area contributed by atoms with Crippen molar-refractivity contribution >= 4 is 5.91 Å². The van der Waals surface area contributed by atoms with E-state index < -0.39 is 0 Å². The molecule has 0 radical (unpaired) electrons. The number of oxazole rings is 1. The Balaban J connectivity index is 2.07. The Morgan fingerprint density at radius 3 is 2.44 bits per heavy atom. The lowest BCUT2D eigenvalue weighted by atomic mass is 9.91. The van der Waals surface area contributed by atoms with Gasteiger partial charge in [-0.3, -0.25) is 4.79 Å². The Kier molecular flexibility index (Phi) is 3.71. The molecule has 100 valence electrons. The van der Waals surface area contributed by atoms with Crippen LogP contribution in [0.15, 0.2) is 4.42 Å². The Bertz CT molecular complexity index is 433. The van der Waals surface area contributed by atoms with Gasteiger partial charge in [0.25, 0.3) is 5.91 Å². The number of amides is 1. The van der Waals surface area contributed by atoms with E-state index in [9.17, 15) is 4.79 Å². The number of aromatic nitrogens is 1. The molecule has 0 atom stereocenters. The minimum Gasteiger partial charge on any atom is -0.436 e. The maximum Gasteiger partial charge on any atom is 0.291 e. The van der Waals surface area contributed by atoms with Gasteiger partial charge >= 0.3 is 0 Å². The number of carbonyl (C=O) groups is 1. The molecule has 0 saturated heterocycles. The van der Waals surface area contributed by atoms with Crippen LogP contribution in [0.4, 0.5) is 0 Å². The first-order valence-electron chi connectivity index (χ1n) is 6.45. The van der Waals surface area contributed by atoms with Crippen molar-refractivity contribution in [2.75, 3.05) is 7.05 Å². The molecule has 1 aromatic rings. The van der Waals surface area contributed by atoms with Gasteiger partial charge in [-0.1, -0.05) is 0 Å². The maximum absolute atomic E-state index is 12.3. The van der Waals surface area contributed by atoms with Crippen LogP contribution in [0, 0.1) is 13.8 Å². The van der Waals surface area contributed by atoms with E-state index in [4.69, 9.17) is 10.2 Å². The van der Waals surface area contributed by atoms with Crippen molar-refractivity contribution in [1.29, 1.82) is 0 Å². The summed E-state index contributed by atoms with van der Waals surface area (Å²) < 4.78 is 5.38. The summed E-state index contributed by atoms with van der Waals surface area (Å²) >= 11 is 0. The molecule has 0 aromatic carbocycles. The summed E-state index contributed by atoms with van der Waals surface area (Å²) in [5.41, 5.74) is 6.54. The van der Waals surface area contributed by atoms with E-state index >= 15 is 0 Å². The van der Waals surface area contributed by atoms with Crippen molar-refractivity contribution in [3.05, 3.63) is 17.3 Å². The molecule has 2 N–H and O–H groups in total. The molecule has 2 rings (SSSR count). The highest BCUT2D eigenvalue weighted by atomic mass is 16.4. The fraction of sp³-hybridized carbons (Fsp3) is 0.692. The molecule has 1 aromatic heterocycles. The molecular weight excluding hydrogens is 230 g/mol. The normalized spacial score (nSPS) is 24.0. The molecule has 1 aliphatic carbocycles. The third-order valence-corrected chi connectivity index (χ3v) is 3.71. The van der Waals surface area contributed by atoms with Crippen LogP contribution >= 0.6 is 0 Å². The summed E-state index contributed by atoms with van der Waals surface area (Å²) in [4.78, 5) is 18.2. The van der Waals surface area contributed by atoms with Gasteiger partial charge in [0.15, 0.2) is 5.89 Å². The summed E-state index contributed by atoms with van der Waals surface area (Å²) in [7, 11) is 1.83. The molecule has 1 fully saturated rings. The lowest BCUT2D eigenvalue weighted by molar-refractivity contribution is 0.0655. The average molecular weight is 251 g/mol. The largest absolute Gasteiger partial charge is 0.436 e. The smallest absolute Gasteiger partial charge is 0.291 e. The Morgan fingerprint density at radius 1 is 1.33 bits per heavy atom. The number of nitrogens with two attached hydrogens (primary N) is 1. The quantitative estimate of drug-likeness (QED) is 0.867. The summed E-state index contributed by atoms with van der Waals surface area (Å²) in [5.74, 6) is 0.827. The van der Waals surface area contributed by atoms with Crippen LogP contribution in [0.25, 0.3) is 0 Å². The molecule has 0 aliphatic heterocycles. The third-order valence-electron chi connectivity index (χ3n) is 3.71. The molecule has 18 heavy (non-hydrogen) atoms. The second-order valence-corrected chi connectivity index (χ2v) is 5.13. The lowest BCUT2D eigenvalue weighted by Gasteiger charge is -2.33. The van der Waals surface area contributed by atoms with Gasteiger partial charge in [-0.2, -0.15) is 0 Å². The molecule has 1 amide bonds. The third kappa shape index (κ3) is 2.56. The zero-order chi connectivity index (χ0) is 13.3. The molecule has 1 heterocycles. The summed E-state index contributed by atoms with van der Waals surface area (Å²) in [5, 5.41) is 0. The van der Waals surface area contributed by atoms with E-state index in [0.717, 1.165) is 25.7 Å². The fourth-order valence-electron chi connectivity index (χ4n) is 2.54. The van der Waals surface area contributed by atoms with E-state index in [0.29, 0.717) is 23.4 Å². The van der Waals surface area contributed by atoms with Gasteiger partial charge in [0.05, 0.1) is 5.69 Å². The van der Waals surface area contributed by atoms with E-state index in [1.165, 1.54) is 0 Å². The van der Waals surface area contributed by atoms with Crippen LogP contribution in [0.2, 0.25) is 0 Å². The maximum atomic E-state index is 12.3. The van der Waals surface area contributed by atoms with Crippen molar-refractivity contribution in [3.8, 4) is 0 Å². The number of nitrogens with zero attached hydrogens (tertiary/aromatic N) is 2. The van der Waals surface area contributed by atoms with Gasteiger partial charge < -0.3 is 15.1 Å². The number of hydrogen-bond acceptors (Lipinski definition) is 4. The van der Waals surface area contributed by atoms with Gasteiger partial charge in [0.2, 0.25) is 5.76 Å². The Labute approximate surface area is 107 Å². The molecule has 1 saturated carbocycles. The van der Waals surface area contributed by atoms with Crippen LogP contribution in [-0.2, 0) is 0 Å². The fourth-order valence-corrected chi connectivity index (χ4v) is 2.54. The van der Waals surface area contributed by atoms with E-state index in [-0.39, 0.29) is 11.9 Å². The van der Waals surface area contributed by atoms with Crippen LogP contribution in [0.1, 0.15) is 47.8 Å². The predicted octanol–water partition coefficient (Wildman–Crippen LogP) is 1.63. The number of aryl methyl sites for hydroxylation is 2. The van der Waals surface area contributed by atoms with Gasteiger partial charge in [0.1, 0.15) is 0 Å². The first kappa shape index (κ1) is 13.1. The summed E-state index contributed by atoms with van der Waals surface area (Å²) in [6, 6.07) is 0.557. The van der Waals surface area contributed by atoms with Crippen LogP contribution in [0.5, 0.6) is 0 Å². The van der Waals surface area contributed by atoms with Crippen molar-refractivity contribution in [1.82, 2.24) is 9.88 Å². The van der Waals surface area contributed by atoms with Gasteiger partial charge in [0, 0.05) is 26.1 Å². The van der Waals surface area contributed by atoms with Gasteiger partial charge in [-0.25, -0.2) is 4.98 Å². The predicted molar refractivity (Wildman–Crippen MR) is 68.3 cm³/mol. The van der Waals surface area contributed by atoms with Crippen molar-refractivity contribution in [3.63, 3.8) is 0 Å². The molecule has 5 nitrogen and oxygen atoms in total. The highest BCUT2D eigenvalue weighted by molar-refractivity contribution is 5.92. The average Bonchev–Trinajstić information content (AvgIpc) is 2.67. The minimum absolute atomic E-state index is 0.0754. The standard InChI is InChI=1S/C13H21N3O2/c1-8-12(18-9(2)15-8)13(17)16(3)11-6-4-10(14)5-7-11/h10-11H,4-7,14H2,1-3H3. The van der Waals surface area contributed by atoms with Crippen molar-refractivity contribution in [2.24, 2.45) is 5.73 Å². The van der Waals surface area contributed by atoms with Crippen LogP contribution in [0.3, 0.4) is 0 Å². The van der Waals surface area contributed by atoms with E-state index in [1.54, 1.807) is 18.7 Å². The molecular formula is C13H21N3O2. The van der Waals surface area contributed by atoms with E-state index in [2.05, 4.69) is 4.98 Å². The first-order valence-corrected chi connectivity index (χ1v) is 6.45. The summed E-state index contributed by atoms with van der Waals surface area (Å²) in [6.45, 7) is 3.55. The Morgan fingerprint density at radius 2 is 1.94 bits per heavy atom. The van der Waals surface area contributed by atoms with Gasteiger partial charge in [-0.15, -0.1) is 0 Å². The highest BCUT2D eigenvalue weighted by Gasteiger charge is 2.28.